The lowest BCUT2D eigenvalue weighted by Crippen LogP contribution is -2.05. The standard InChI is InChI=1S/C13H15ClF2N2S/c1-19-6-2-5-18-11-8-9(15)7-10(16)13(11)17-12(18)3-4-14/h7-8H,2-6H2,1H3. The molecule has 2 nitrogen and oxygen atoms in total. The van der Waals surface area contributed by atoms with Crippen molar-refractivity contribution in [2.45, 2.75) is 19.4 Å². The first kappa shape index (κ1) is 14.6. The van der Waals surface area contributed by atoms with Crippen LogP contribution in [0.3, 0.4) is 0 Å². The highest BCUT2D eigenvalue weighted by Crippen LogP contribution is 2.22. The number of aromatic nitrogens is 2. The molecule has 0 bridgehead atoms. The lowest BCUT2D eigenvalue weighted by atomic mass is 10.3. The van der Waals surface area contributed by atoms with Gasteiger partial charge in [0, 0.05) is 24.9 Å². The van der Waals surface area contributed by atoms with E-state index in [9.17, 15) is 8.78 Å². The molecule has 6 heteroatoms. The minimum atomic E-state index is -0.616. The smallest absolute Gasteiger partial charge is 0.153 e. The fourth-order valence-electron chi connectivity index (χ4n) is 2.09. The first-order valence-electron chi connectivity index (χ1n) is 6.06. The second kappa shape index (κ2) is 6.57. The molecule has 0 aliphatic heterocycles. The quantitative estimate of drug-likeness (QED) is 0.596. The first-order chi connectivity index (χ1) is 9.17. The van der Waals surface area contributed by atoms with Gasteiger partial charge in [-0.05, 0) is 24.5 Å². The number of rotatable bonds is 6. The van der Waals surface area contributed by atoms with Gasteiger partial charge in [0.2, 0.25) is 0 Å². The molecule has 19 heavy (non-hydrogen) atoms. The number of imidazole rings is 1. The Morgan fingerprint density at radius 2 is 2.16 bits per heavy atom. The van der Waals surface area contributed by atoms with Crippen LogP contribution in [0.5, 0.6) is 0 Å². The first-order valence-corrected chi connectivity index (χ1v) is 7.99. The predicted molar refractivity (Wildman–Crippen MR) is 77.1 cm³/mol. The predicted octanol–water partition coefficient (Wildman–Crippen LogP) is 3.85. The summed E-state index contributed by atoms with van der Waals surface area (Å²) >= 11 is 7.49. The van der Waals surface area contributed by atoms with Gasteiger partial charge in [0.05, 0.1) is 5.52 Å². The Bertz CT molecular complexity index is 571. The number of benzene rings is 1. The van der Waals surface area contributed by atoms with Gasteiger partial charge in [-0.2, -0.15) is 11.8 Å². The van der Waals surface area contributed by atoms with E-state index in [1.165, 1.54) is 6.07 Å². The molecule has 0 aliphatic carbocycles. The summed E-state index contributed by atoms with van der Waals surface area (Å²) in [6.07, 6.45) is 3.52. The van der Waals surface area contributed by atoms with Crippen molar-refractivity contribution in [1.82, 2.24) is 9.55 Å². The molecule has 104 valence electrons. The summed E-state index contributed by atoms with van der Waals surface area (Å²) in [6, 6.07) is 2.20. The average molecular weight is 305 g/mol. The third kappa shape index (κ3) is 3.20. The van der Waals surface area contributed by atoms with Crippen molar-refractivity contribution >= 4 is 34.4 Å². The number of halogens is 3. The zero-order valence-corrected chi connectivity index (χ0v) is 12.2. The topological polar surface area (TPSA) is 17.8 Å². The van der Waals surface area contributed by atoms with Crippen LogP contribution in [0.4, 0.5) is 8.78 Å². The largest absolute Gasteiger partial charge is 0.328 e. The third-order valence-corrected chi connectivity index (χ3v) is 3.79. The maximum Gasteiger partial charge on any atom is 0.153 e. The fraction of sp³-hybridized carbons (Fsp3) is 0.462. The highest BCUT2D eigenvalue weighted by molar-refractivity contribution is 7.98. The summed E-state index contributed by atoms with van der Waals surface area (Å²) < 4.78 is 28.9. The molecule has 0 spiro atoms. The van der Waals surface area contributed by atoms with E-state index in [1.807, 2.05) is 10.8 Å². The van der Waals surface area contributed by atoms with Crippen LogP contribution in [0.25, 0.3) is 11.0 Å². The monoisotopic (exact) mass is 304 g/mol. The number of hydrogen-bond donors (Lipinski definition) is 0. The zero-order chi connectivity index (χ0) is 13.8. The highest BCUT2D eigenvalue weighted by Gasteiger charge is 2.14. The van der Waals surface area contributed by atoms with Gasteiger partial charge in [-0.15, -0.1) is 11.6 Å². The summed E-state index contributed by atoms with van der Waals surface area (Å²) in [4.78, 5) is 4.25. The van der Waals surface area contributed by atoms with Crippen LogP contribution in [0.15, 0.2) is 12.1 Å². The van der Waals surface area contributed by atoms with E-state index in [0.717, 1.165) is 24.1 Å². The molecular formula is C13H15ClF2N2S. The summed E-state index contributed by atoms with van der Waals surface area (Å²) in [7, 11) is 0. The molecule has 2 aromatic rings. The summed E-state index contributed by atoms with van der Waals surface area (Å²) in [5.41, 5.74) is 0.740. The van der Waals surface area contributed by atoms with Gasteiger partial charge in [0.15, 0.2) is 5.82 Å². The van der Waals surface area contributed by atoms with Gasteiger partial charge in [-0.25, -0.2) is 13.8 Å². The van der Waals surface area contributed by atoms with Crippen molar-refractivity contribution in [3.8, 4) is 0 Å². The molecule has 1 aromatic heterocycles. The van der Waals surface area contributed by atoms with Crippen molar-refractivity contribution in [2.24, 2.45) is 0 Å². The number of fused-ring (bicyclic) bond motifs is 1. The van der Waals surface area contributed by atoms with E-state index in [-0.39, 0.29) is 5.52 Å². The van der Waals surface area contributed by atoms with Gasteiger partial charge in [0.1, 0.15) is 17.2 Å². The summed E-state index contributed by atoms with van der Waals surface area (Å²) in [6.45, 7) is 0.701. The number of thioether (sulfide) groups is 1. The Hall–Kier alpha value is -0.810. The Morgan fingerprint density at radius 1 is 1.37 bits per heavy atom. The maximum atomic E-state index is 13.7. The van der Waals surface area contributed by atoms with E-state index in [4.69, 9.17) is 11.6 Å². The number of alkyl halides is 1. The lowest BCUT2D eigenvalue weighted by molar-refractivity contribution is 0.589. The molecule has 0 atom stereocenters. The van der Waals surface area contributed by atoms with Crippen molar-refractivity contribution in [2.75, 3.05) is 17.9 Å². The molecule has 0 radical (unpaired) electrons. The molecule has 0 saturated heterocycles. The zero-order valence-electron chi connectivity index (χ0n) is 10.6. The van der Waals surface area contributed by atoms with Crippen LogP contribution in [-0.4, -0.2) is 27.4 Å². The van der Waals surface area contributed by atoms with Crippen LogP contribution in [0.1, 0.15) is 12.2 Å². The molecule has 0 N–H and O–H groups in total. The minimum Gasteiger partial charge on any atom is -0.328 e. The second-order valence-electron chi connectivity index (χ2n) is 4.22. The van der Waals surface area contributed by atoms with E-state index in [2.05, 4.69) is 4.98 Å². The minimum absolute atomic E-state index is 0.227. The molecule has 1 heterocycles. The fourth-order valence-corrected chi connectivity index (χ4v) is 2.68. The van der Waals surface area contributed by atoms with Crippen molar-refractivity contribution < 1.29 is 8.78 Å². The molecule has 0 saturated carbocycles. The van der Waals surface area contributed by atoms with E-state index in [1.54, 1.807) is 11.8 Å². The Balaban J connectivity index is 2.46. The lowest BCUT2D eigenvalue weighted by Gasteiger charge is -2.07. The summed E-state index contributed by atoms with van der Waals surface area (Å²) in [5, 5.41) is 0. The number of nitrogens with zero attached hydrogens (tertiary/aromatic N) is 2. The Kier molecular flexibility index (Phi) is 5.05. The van der Waals surface area contributed by atoms with Crippen molar-refractivity contribution in [1.29, 1.82) is 0 Å². The maximum absolute atomic E-state index is 13.7. The Labute approximate surface area is 120 Å². The highest BCUT2D eigenvalue weighted by atomic mass is 35.5. The van der Waals surface area contributed by atoms with Gasteiger partial charge in [-0.3, -0.25) is 0 Å². The normalized spacial score (nSPS) is 11.4. The van der Waals surface area contributed by atoms with Gasteiger partial charge >= 0.3 is 0 Å². The van der Waals surface area contributed by atoms with E-state index >= 15 is 0 Å². The molecule has 0 fully saturated rings. The average Bonchev–Trinajstić information content (AvgIpc) is 2.69. The molecule has 2 rings (SSSR count). The van der Waals surface area contributed by atoms with Gasteiger partial charge in [-0.1, -0.05) is 0 Å². The number of aryl methyl sites for hydroxylation is 2. The molecule has 1 aromatic carbocycles. The summed E-state index contributed by atoms with van der Waals surface area (Å²) in [5.74, 6) is 0.937. The van der Waals surface area contributed by atoms with Crippen LogP contribution in [0, 0.1) is 11.6 Å². The second-order valence-corrected chi connectivity index (χ2v) is 5.58. The van der Waals surface area contributed by atoms with Crippen LogP contribution < -0.4 is 0 Å². The molecule has 0 amide bonds. The van der Waals surface area contributed by atoms with Crippen molar-refractivity contribution in [3.63, 3.8) is 0 Å². The molecule has 0 aliphatic rings. The van der Waals surface area contributed by atoms with Crippen molar-refractivity contribution in [3.05, 3.63) is 29.6 Å². The SMILES string of the molecule is CSCCCn1c(CCCl)nc2c(F)cc(F)cc21. The molecular weight excluding hydrogens is 290 g/mol. The van der Waals surface area contributed by atoms with Crippen LogP contribution in [0.2, 0.25) is 0 Å². The van der Waals surface area contributed by atoms with Crippen LogP contribution in [-0.2, 0) is 13.0 Å². The van der Waals surface area contributed by atoms with Gasteiger partial charge < -0.3 is 4.57 Å². The molecule has 0 unspecified atom stereocenters. The van der Waals surface area contributed by atoms with Crippen LogP contribution >= 0.6 is 23.4 Å². The van der Waals surface area contributed by atoms with Gasteiger partial charge in [0.25, 0.3) is 0 Å². The third-order valence-electron chi connectivity index (χ3n) is 2.90. The number of hydrogen-bond acceptors (Lipinski definition) is 2. The van der Waals surface area contributed by atoms with E-state index in [0.29, 0.717) is 24.4 Å². The Morgan fingerprint density at radius 3 is 2.84 bits per heavy atom. The van der Waals surface area contributed by atoms with E-state index < -0.39 is 11.6 Å².